The van der Waals surface area contributed by atoms with Crippen LogP contribution in [0.5, 0.6) is 11.6 Å². The fraction of sp³-hybridized carbons (Fsp3) is 0.188. The summed E-state index contributed by atoms with van der Waals surface area (Å²) >= 11 is 12.5. The first-order valence-electron chi connectivity index (χ1n) is 7.72. The molecule has 0 radical (unpaired) electrons. The predicted octanol–water partition coefficient (Wildman–Crippen LogP) is 2.43. The van der Waals surface area contributed by atoms with Gasteiger partial charge >= 0.3 is 5.69 Å². The van der Waals surface area contributed by atoms with Gasteiger partial charge in [0.15, 0.2) is 11.4 Å². The number of aromatic amines is 3. The maximum absolute atomic E-state index is 11.9. The van der Waals surface area contributed by atoms with Crippen molar-refractivity contribution in [1.29, 1.82) is 0 Å². The van der Waals surface area contributed by atoms with E-state index in [-0.39, 0.29) is 44.4 Å². The van der Waals surface area contributed by atoms with Crippen LogP contribution in [-0.2, 0) is 0 Å². The van der Waals surface area contributed by atoms with Gasteiger partial charge in [0, 0.05) is 17.2 Å². The van der Waals surface area contributed by atoms with Crippen LogP contribution in [0.15, 0.2) is 32.6 Å². The van der Waals surface area contributed by atoms with Crippen molar-refractivity contribution in [3.8, 4) is 22.9 Å². The number of nitrogens with zero attached hydrogens (tertiary/aromatic N) is 2. The number of aromatic nitrogens is 5. The van der Waals surface area contributed by atoms with Gasteiger partial charge in [0.05, 0.1) is 10.0 Å². The van der Waals surface area contributed by atoms with Gasteiger partial charge in [-0.2, -0.15) is 5.10 Å². The van der Waals surface area contributed by atoms with E-state index >= 15 is 0 Å². The molecule has 3 aromatic rings. The van der Waals surface area contributed by atoms with Gasteiger partial charge in [-0.15, -0.1) is 5.10 Å². The molecule has 0 unspecified atom stereocenters. The number of H-pyrrole nitrogens is 3. The van der Waals surface area contributed by atoms with Crippen LogP contribution in [0.3, 0.4) is 0 Å². The molecular formula is C16H13Cl2N5O4. The van der Waals surface area contributed by atoms with Gasteiger partial charge in [-0.25, -0.2) is 15.0 Å². The van der Waals surface area contributed by atoms with Crippen LogP contribution in [0.4, 0.5) is 0 Å². The lowest BCUT2D eigenvalue weighted by atomic mass is 10.1. The second kappa shape index (κ2) is 7.37. The van der Waals surface area contributed by atoms with E-state index in [4.69, 9.17) is 27.9 Å². The molecule has 2 aromatic heterocycles. The topological polar surface area (TPSA) is 134 Å². The van der Waals surface area contributed by atoms with Crippen molar-refractivity contribution in [2.45, 2.75) is 19.8 Å². The molecule has 0 bridgehead atoms. The number of ether oxygens (including phenoxy) is 1. The highest BCUT2D eigenvalue weighted by molar-refractivity contribution is 6.37. The van der Waals surface area contributed by atoms with Crippen molar-refractivity contribution in [2.24, 2.45) is 0 Å². The van der Waals surface area contributed by atoms with E-state index in [0.29, 0.717) is 5.56 Å². The highest BCUT2D eigenvalue weighted by Crippen LogP contribution is 2.38. The van der Waals surface area contributed by atoms with Crippen molar-refractivity contribution in [2.75, 3.05) is 0 Å². The molecule has 0 fully saturated rings. The number of halogens is 2. The Morgan fingerprint density at radius 1 is 0.963 bits per heavy atom. The average molecular weight is 410 g/mol. The number of nitrogens with one attached hydrogen (secondary N) is 3. The summed E-state index contributed by atoms with van der Waals surface area (Å²) in [6.45, 7) is 3.72. The second-order valence-corrected chi connectivity index (χ2v) is 6.69. The molecule has 11 heteroatoms. The number of benzene rings is 1. The Morgan fingerprint density at radius 3 is 2.22 bits per heavy atom. The van der Waals surface area contributed by atoms with Gasteiger partial charge in [-0.3, -0.25) is 14.6 Å². The lowest BCUT2D eigenvalue weighted by Crippen LogP contribution is -2.25. The standard InChI is InChI=1S/C16H13Cl2N5O4/c1-6(2)8-5-11(20-22-14(8)24)27-13-9(17)3-7(4-10(13)18)12-15(25)19-16(26)23-21-12/h3-6H,1-2H3,(H,22,24)(H2,19,23,25,26). The Morgan fingerprint density at radius 2 is 1.63 bits per heavy atom. The molecule has 0 spiro atoms. The third-order valence-corrected chi connectivity index (χ3v) is 4.18. The van der Waals surface area contributed by atoms with E-state index in [1.807, 2.05) is 13.8 Å². The minimum absolute atomic E-state index is 0.0366. The molecule has 9 nitrogen and oxygen atoms in total. The first kappa shape index (κ1) is 18.9. The van der Waals surface area contributed by atoms with Crippen LogP contribution in [0.2, 0.25) is 10.0 Å². The third kappa shape index (κ3) is 3.93. The third-order valence-electron chi connectivity index (χ3n) is 3.62. The summed E-state index contributed by atoms with van der Waals surface area (Å²) in [6, 6.07) is 4.32. The molecule has 0 amide bonds. The van der Waals surface area contributed by atoms with Crippen molar-refractivity contribution in [3.63, 3.8) is 0 Å². The summed E-state index contributed by atoms with van der Waals surface area (Å²) in [5, 5.41) is 12.2. The van der Waals surface area contributed by atoms with Crippen LogP contribution in [0.1, 0.15) is 25.3 Å². The van der Waals surface area contributed by atoms with Crippen LogP contribution in [0.25, 0.3) is 11.3 Å². The van der Waals surface area contributed by atoms with E-state index in [9.17, 15) is 14.4 Å². The molecule has 2 heterocycles. The van der Waals surface area contributed by atoms with E-state index in [2.05, 4.69) is 25.4 Å². The molecule has 140 valence electrons. The number of rotatable bonds is 4. The minimum Gasteiger partial charge on any atom is -0.434 e. The van der Waals surface area contributed by atoms with E-state index in [1.54, 1.807) is 0 Å². The quantitative estimate of drug-likeness (QED) is 0.605. The Balaban J connectivity index is 2.01. The zero-order valence-corrected chi connectivity index (χ0v) is 15.6. The van der Waals surface area contributed by atoms with E-state index in [0.717, 1.165) is 0 Å². The molecular weight excluding hydrogens is 397 g/mol. The number of hydrogen-bond acceptors (Lipinski definition) is 6. The Labute approximate surface area is 161 Å². The SMILES string of the molecule is CC(C)c1cc(Oc2c(Cl)cc(-c3n[nH]c(=O)[nH]c3=O)cc2Cl)n[nH]c1=O. The molecule has 0 aliphatic carbocycles. The molecule has 3 N–H and O–H groups in total. The second-order valence-electron chi connectivity index (χ2n) is 5.87. The predicted molar refractivity (Wildman–Crippen MR) is 100.0 cm³/mol. The van der Waals surface area contributed by atoms with Gasteiger partial charge in [0.1, 0.15) is 0 Å². The molecule has 0 aliphatic rings. The summed E-state index contributed by atoms with van der Waals surface area (Å²) in [6.07, 6.45) is 0. The Hall–Kier alpha value is -2.91. The van der Waals surface area contributed by atoms with Crippen molar-refractivity contribution >= 4 is 23.2 Å². The highest BCUT2D eigenvalue weighted by atomic mass is 35.5. The van der Waals surface area contributed by atoms with Crippen LogP contribution >= 0.6 is 23.2 Å². The normalized spacial score (nSPS) is 11.0. The summed E-state index contributed by atoms with van der Waals surface area (Å²) in [4.78, 5) is 36.8. The van der Waals surface area contributed by atoms with Crippen molar-refractivity contribution in [3.05, 3.63) is 65.0 Å². The molecule has 27 heavy (non-hydrogen) atoms. The molecule has 0 saturated heterocycles. The molecule has 0 atom stereocenters. The zero-order chi connectivity index (χ0) is 19.7. The molecule has 1 aromatic carbocycles. The summed E-state index contributed by atoms with van der Waals surface area (Å²) in [7, 11) is 0. The number of hydrogen-bond donors (Lipinski definition) is 3. The average Bonchev–Trinajstić information content (AvgIpc) is 2.59. The summed E-state index contributed by atoms with van der Waals surface area (Å²) in [5.41, 5.74) is -1.02. The molecule has 0 saturated carbocycles. The first-order chi connectivity index (χ1) is 12.8. The smallest absolute Gasteiger partial charge is 0.342 e. The maximum atomic E-state index is 11.9. The van der Waals surface area contributed by atoms with Crippen LogP contribution < -0.4 is 21.5 Å². The summed E-state index contributed by atoms with van der Waals surface area (Å²) in [5.74, 6) is 0.164. The van der Waals surface area contributed by atoms with Gasteiger partial charge < -0.3 is 4.74 Å². The lowest BCUT2D eigenvalue weighted by molar-refractivity contribution is 0.452. The largest absolute Gasteiger partial charge is 0.434 e. The lowest BCUT2D eigenvalue weighted by Gasteiger charge is -2.11. The van der Waals surface area contributed by atoms with E-state index < -0.39 is 11.2 Å². The van der Waals surface area contributed by atoms with Gasteiger partial charge in [0.25, 0.3) is 11.1 Å². The Bertz CT molecular complexity index is 1160. The zero-order valence-electron chi connectivity index (χ0n) is 14.1. The fourth-order valence-electron chi connectivity index (χ4n) is 2.32. The van der Waals surface area contributed by atoms with Crippen molar-refractivity contribution < 1.29 is 4.74 Å². The Kier molecular flexibility index (Phi) is 5.15. The van der Waals surface area contributed by atoms with Crippen LogP contribution in [-0.4, -0.2) is 25.4 Å². The molecule has 0 aliphatic heterocycles. The van der Waals surface area contributed by atoms with E-state index in [1.165, 1.54) is 18.2 Å². The minimum atomic E-state index is -0.731. The van der Waals surface area contributed by atoms with Gasteiger partial charge in [-0.1, -0.05) is 37.0 Å². The maximum Gasteiger partial charge on any atom is 0.342 e. The van der Waals surface area contributed by atoms with Crippen molar-refractivity contribution in [1.82, 2.24) is 25.4 Å². The van der Waals surface area contributed by atoms with Crippen LogP contribution in [0, 0.1) is 0 Å². The monoisotopic (exact) mass is 409 g/mol. The first-order valence-corrected chi connectivity index (χ1v) is 8.47. The van der Waals surface area contributed by atoms with Gasteiger partial charge in [-0.05, 0) is 18.1 Å². The highest BCUT2D eigenvalue weighted by Gasteiger charge is 2.16. The fourth-order valence-corrected chi connectivity index (χ4v) is 2.89. The summed E-state index contributed by atoms with van der Waals surface area (Å²) < 4.78 is 5.62. The molecule has 3 rings (SSSR count). The van der Waals surface area contributed by atoms with Gasteiger partial charge in [0.2, 0.25) is 5.88 Å².